The SMILES string of the molecule is O=C(Cc1cccc2ccccc12)NCC(=O)Nc1cccc(CN2CCSCC2)c1. The Balaban J connectivity index is 1.28. The molecule has 160 valence electrons. The number of anilines is 1. The van der Waals surface area contributed by atoms with Crippen LogP contribution in [0, 0.1) is 0 Å². The third-order valence-electron chi connectivity index (χ3n) is 5.40. The first-order valence-corrected chi connectivity index (χ1v) is 11.7. The Morgan fingerprint density at radius 2 is 1.68 bits per heavy atom. The minimum Gasteiger partial charge on any atom is -0.347 e. The van der Waals surface area contributed by atoms with E-state index < -0.39 is 0 Å². The fourth-order valence-corrected chi connectivity index (χ4v) is 4.81. The van der Waals surface area contributed by atoms with E-state index in [0.717, 1.165) is 41.7 Å². The van der Waals surface area contributed by atoms with Crippen LogP contribution in [0.15, 0.2) is 66.7 Å². The molecule has 1 heterocycles. The van der Waals surface area contributed by atoms with Gasteiger partial charge in [-0.15, -0.1) is 0 Å². The van der Waals surface area contributed by atoms with E-state index in [1.54, 1.807) is 0 Å². The highest BCUT2D eigenvalue weighted by molar-refractivity contribution is 7.99. The van der Waals surface area contributed by atoms with Crippen LogP contribution in [-0.2, 0) is 22.6 Å². The largest absolute Gasteiger partial charge is 0.347 e. The summed E-state index contributed by atoms with van der Waals surface area (Å²) in [5.74, 6) is 1.96. The van der Waals surface area contributed by atoms with Crippen LogP contribution >= 0.6 is 11.8 Å². The highest BCUT2D eigenvalue weighted by Crippen LogP contribution is 2.19. The number of hydrogen-bond acceptors (Lipinski definition) is 4. The van der Waals surface area contributed by atoms with Crippen LogP contribution in [0.1, 0.15) is 11.1 Å². The molecule has 6 heteroatoms. The first-order valence-electron chi connectivity index (χ1n) is 10.6. The van der Waals surface area contributed by atoms with Crippen LogP contribution in [0.5, 0.6) is 0 Å². The van der Waals surface area contributed by atoms with Crippen molar-refractivity contribution in [3.05, 3.63) is 77.9 Å². The van der Waals surface area contributed by atoms with Crippen molar-refractivity contribution in [1.82, 2.24) is 10.2 Å². The summed E-state index contributed by atoms with van der Waals surface area (Å²) in [7, 11) is 0. The Bertz CT molecular complexity index is 1060. The van der Waals surface area contributed by atoms with Crippen LogP contribution in [0.3, 0.4) is 0 Å². The topological polar surface area (TPSA) is 61.4 Å². The summed E-state index contributed by atoms with van der Waals surface area (Å²) in [5.41, 5.74) is 2.90. The maximum absolute atomic E-state index is 12.4. The first-order chi connectivity index (χ1) is 15.2. The Morgan fingerprint density at radius 1 is 0.903 bits per heavy atom. The maximum atomic E-state index is 12.4. The van der Waals surface area contributed by atoms with Gasteiger partial charge in [-0.05, 0) is 34.0 Å². The van der Waals surface area contributed by atoms with E-state index in [2.05, 4.69) is 21.6 Å². The fraction of sp³-hybridized carbons (Fsp3) is 0.280. The van der Waals surface area contributed by atoms with E-state index in [-0.39, 0.29) is 24.8 Å². The van der Waals surface area contributed by atoms with Gasteiger partial charge in [-0.2, -0.15) is 11.8 Å². The highest BCUT2D eigenvalue weighted by atomic mass is 32.2. The third-order valence-corrected chi connectivity index (χ3v) is 6.34. The van der Waals surface area contributed by atoms with E-state index in [4.69, 9.17) is 0 Å². The van der Waals surface area contributed by atoms with Crippen molar-refractivity contribution in [3.8, 4) is 0 Å². The van der Waals surface area contributed by atoms with Crippen molar-refractivity contribution in [2.45, 2.75) is 13.0 Å². The zero-order valence-electron chi connectivity index (χ0n) is 17.5. The number of thioether (sulfide) groups is 1. The van der Waals surface area contributed by atoms with Gasteiger partial charge in [-0.1, -0.05) is 54.6 Å². The molecule has 0 aromatic heterocycles. The summed E-state index contributed by atoms with van der Waals surface area (Å²) in [6.45, 7) is 3.05. The fourth-order valence-electron chi connectivity index (χ4n) is 3.83. The van der Waals surface area contributed by atoms with E-state index in [0.29, 0.717) is 0 Å². The standard InChI is InChI=1S/C25H27N3O2S/c29-24(16-21-8-4-7-20-6-1-2-10-23(20)21)26-17-25(30)27-22-9-3-5-19(15-22)18-28-11-13-31-14-12-28/h1-10,15H,11-14,16-18H2,(H,26,29)(H,27,30). The second-order valence-electron chi connectivity index (χ2n) is 7.73. The molecule has 0 atom stereocenters. The van der Waals surface area contributed by atoms with Crippen molar-refractivity contribution < 1.29 is 9.59 Å². The van der Waals surface area contributed by atoms with Crippen molar-refractivity contribution >= 4 is 40.0 Å². The lowest BCUT2D eigenvalue weighted by Crippen LogP contribution is -2.34. The van der Waals surface area contributed by atoms with E-state index in [9.17, 15) is 9.59 Å². The van der Waals surface area contributed by atoms with E-state index in [1.807, 2.05) is 72.4 Å². The number of carbonyl (C=O) groups is 2. The monoisotopic (exact) mass is 433 g/mol. The molecule has 3 aromatic rings. The lowest BCUT2D eigenvalue weighted by Gasteiger charge is -2.26. The number of carbonyl (C=O) groups excluding carboxylic acids is 2. The Labute approximate surface area is 187 Å². The molecule has 2 N–H and O–H groups in total. The second kappa shape index (κ2) is 10.5. The average Bonchev–Trinajstić information content (AvgIpc) is 2.79. The summed E-state index contributed by atoms with van der Waals surface area (Å²) in [4.78, 5) is 27.2. The van der Waals surface area contributed by atoms with Crippen molar-refractivity contribution in [2.24, 2.45) is 0 Å². The van der Waals surface area contributed by atoms with Crippen LogP contribution in [0.4, 0.5) is 5.69 Å². The number of nitrogens with one attached hydrogen (secondary N) is 2. The van der Waals surface area contributed by atoms with Crippen LogP contribution in [0.25, 0.3) is 10.8 Å². The molecule has 31 heavy (non-hydrogen) atoms. The van der Waals surface area contributed by atoms with E-state index in [1.165, 1.54) is 17.1 Å². The van der Waals surface area contributed by atoms with Gasteiger partial charge in [0.05, 0.1) is 13.0 Å². The summed E-state index contributed by atoms with van der Waals surface area (Å²) in [5, 5.41) is 7.80. The number of rotatable bonds is 7. The molecule has 4 rings (SSSR count). The molecular weight excluding hydrogens is 406 g/mol. The normalized spacial score (nSPS) is 14.3. The molecule has 0 spiro atoms. The van der Waals surface area contributed by atoms with E-state index >= 15 is 0 Å². The van der Waals surface area contributed by atoms with Crippen LogP contribution < -0.4 is 10.6 Å². The summed E-state index contributed by atoms with van der Waals surface area (Å²) in [6, 6.07) is 21.9. The Kier molecular flexibility index (Phi) is 7.22. The number of fused-ring (bicyclic) bond motifs is 1. The molecule has 1 aliphatic heterocycles. The first kappa shape index (κ1) is 21.4. The Hall–Kier alpha value is -2.83. The quantitative estimate of drug-likeness (QED) is 0.597. The molecule has 1 aliphatic rings. The van der Waals surface area contributed by atoms with Crippen molar-refractivity contribution in [2.75, 3.05) is 36.5 Å². The summed E-state index contributed by atoms with van der Waals surface area (Å²) >= 11 is 2.00. The maximum Gasteiger partial charge on any atom is 0.243 e. The lowest BCUT2D eigenvalue weighted by molar-refractivity contribution is -0.123. The molecule has 1 fully saturated rings. The smallest absolute Gasteiger partial charge is 0.243 e. The minimum atomic E-state index is -0.224. The predicted molar refractivity (Wildman–Crippen MR) is 128 cm³/mol. The van der Waals surface area contributed by atoms with Gasteiger partial charge in [0.2, 0.25) is 11.8 Å². The van der Waals surface area contributed by atoms with Crippen molar-refractivity contribution in [3.63, 3.8) is 0 Å². The van der Waals surface area contributed by atoms with Gasteiger partial charge in [0, 0.05) is 36.8 Å². The third kappa shape index (κ3) is 6.09. The molecule has 0 aliphatic carbocycles. The van der Waals surface area contributed by atoms with Gasteiger partial charge in [0.15, 0.2) is 0 Å². The minimum absolute atomic E-state index is 0.0445. The molecule has 5 nitrogen and oxygen atoms in total. The molecule has 1 saturated heterocycles. The molecule has 0 bridgehead atoms. The van der Waals surface area contributed by atoms with Crippen LogP contribution in [-0.4, -0.2) is 47.9 Å². The summed E-state index contributed by atoms with van der Waals surface area (Å²) in [6.07, 6.45) is 0.248. The number of nitrogens with zero attached hydrogens (tertiary/aromatic N) is 1. The molecule has 0 saturated carbocycles. The number of benzene rings is 3. The Morgan fingerprint density at radius 3 is 2.55 bits per heavy atom. The molecule has 2 amide bonds. The number of amides is 2. The molecule has 0 unspecified atom stereocenters. The van der Waals surface area contributed by atoms with Gasteiger partial charge >= 0.3 is 0 Å². The lowest BCUT2D eigenvalue weighted by atomic mass is 10.0. The molecule has 3 aromatic carbocycles. The molecule has 0 radical (unpaired) electrons. The van der Waals surface area contributed by atoms with Gasteiger partial charge < -0.3 is 10.6 Å². The van der Waals surface area contributed by atoms with Gasteiger partial charge in [0.1, 0.15) is 0 Å². The van der Waals surface area contributed by atoms with Crippen molar-refractivity contribution in [1.29, 1.82) is 0 Å². The van der Waals surface area contributed by atoms with Crippen LogP contribution in [0.2, 0.25) is 0 Å². The van der Waals surface area contributed by atoms with Gasteiger partial charge in [-0.25, -0.2) is 0 Å². The average molecular weight is 434 g/mol. The van der Waals surface area contributed by atoms with Gasteiger partial charge in [0.25, 0.3) is 0 Å². The second-order valence-corrected chi connectivity index (χ2v) is 8.95. The predicted octanol–water partition coefficient (Wildman–Crippen LogP) is 3.69. The summed E-state index contributed by atoms with van der Waals surface area (Å²) < 4.78 is 0. The zero-order valence-corrected chi connectivity index (χ0v) is 18.3. The highest BCUT2D eigenvalue weighted by Gasteiger charge is 2.12. The van der Waals surface area contributed by atoms with Gasteiger partial charge in [-0.3, -0.25) is 14.5 Å². The molecular formula is C25H27N3O2S. The number of hydrogen-bond donors (Lipinski definition) is 2. The zero-order chi connectivity index (χ0) is 21.5.